The van der Waals surface area contributed by atoms with Gasteiger partial charge in [0.25, 0.3) is 0 Å². The van der Waals surface area contributed by atoms with Crippen LogP contribution in [0, 0.1) is 12.3 Å². The van der Waals surface area contributed by atoms with Gasteiger partial charge in [0, 0.05) is 25.0 Å². The van der Waals surface area contributed by atoms with Gasteiger partial charge in [-0.1, -0.05) is 43.3 Å². The minimum absolute atomic E-state index is 0.0457. The van der Waals surface area contributed by atoms with E-state index in [1.807, 2.05) is 41.3 Å². The number of amides is 2. The van der Waals surface area contributed by atoms with E-state index in [4.69, 9.17) is 9.47 Å². The van der Waals surface area contributed by atoms with Crippen LogP contribution in [0.15, 0.2) is 48.5 Å². The molecule has 0 bridgehead atoms. The molecule has 2 aromatic rings. The zero-order chi connectivity index (χ0) is 19.3. The number of urea groups is 1. The molecule has 2 aromatic carbocycles. The maximum Gasteiger partial charge on any atom is 0.318 e. The summed E-state index contributed by atoms with van der Waals surface area (Å²) in [6.45, 7) is 7.33. The van der Waals surface area contributed by atoms with E-state index in [1.165, 1.54) is 5.56 Å². The van der Waals surface area contributed by atoms with Crippen molar-refractivity contribution in [3.05, 3.63) is 65.2 Å². The molecule has 3 rings (SSSR count). The van der Waals surface area contributed by atoms with Crippen molar-refractivity contribution in [2.45, 2.75) is 26.9 Å². The van der Waals surface area contributed by atoms with E-state index in [2.05, 4.69) is 31.3 Å². The molecule has 144 valence electrons. The Kier molecular flexibility index (Phi) is 6.01. The van der Waals surface area contributed by atoms with Gasteiger partial charge in [-0.25, -0.2) is 4.79 Å². The van der Waals surface area contributed by atoms with E-state index in [1.54, 1.807) is 7.11 Å². The van der Waals surface area contributed by atoms with Gasteiger partial charge in [-0.2, -0.15) is 0 Å². The van der Waals surface area contributed by atoms with Crippen LogP contribution < -0.4 is 10.1 Å². The van der Waals surface area contributed by atoms with Crippen molar-refractivity contribution >= 4 is 6.03 Å². The quantitative estimate of drug-likeness (QED) is 0.810. The fourth-order valence-electron chi connectivity index (χ4n) is 3.10. The summed E-state index contributed by atoms with van der Waals surface area (Å²) in [5.74, 6) is 0.812. The molecule has 0 radical (unpaired) electrons. The number of aryl methyl sites for hydroxylation is 1. The molecule has 0 atom stereocenters. The van der Waals surface area contributed by atoms with Crippen molar-refractivity contribution in [1.29, 1.82) is 0 Å². The normalized spacial score (nSPS) is 14.9. The first-order valence-corrected chi connectivity index (χ1v) is 9.27. The molecule has 1 aliphatic heterocycles. The molecule has 1 aliphatic rings. The van der Waals surface area contributed by atoms with Gasteiger partial charge in [0.1, 0.15) is 5.75 Å². The fourth-order valence-corrected chi connectivity index (χ4v) is 3.10. The summed E-state index contributed by atoms with van der Waals surface area (Å²) in [7, 11) is 1.65. The van der Waals surface area contributed by atoms with Crippen molar-refractivity contribution in [2.24, 2.45) is 5.41 Å². The summed E-state index contributed by atoms with van der Waals surface area (Å²) in [6, 6.07) is 16.0. The second-order valence-corrected chi connectivity index (χ2v) is 7.59. The van der Waals surface area contributed by atoms with Crippen LogP contribution >= 0.6 is 0 Å². The number of hydrogen-bond acceptors (Lipinski definition) is 3. The molecule has 27 heavy (non-hydrogen) atoms. The highest BCUT2D eigenvalue weighted by atomic mass is 16.5. The van der Waals surface area contributed by atoms with E-state index < -0.39 is 0 Å². The minimum Gasteiger partial charge on any atom is -0.497 e. The SMILES string of the molecule is COc1ccc(CN(Cc2ccccc2C)C(=O)NCC2(C)COC2)cc1. The van der Waals surface area contributed by atoms with Crippen molar-refractivity contribution in [3.8, 4) is 5.75 Å². The first kappa shape index (κ1) is 19.2. The number of hydrogen-bond donors (Lipinski definition) is 1. The number of carbonyl (C=O) groups excluding carboxylic acids is 1. The second kappa shape index (κ2) is 8.44. The molecular weight excluding hydrogens is 340 g/mol. The molecule has 5 nitrogen and oxygen atoms in total. The van der Waals surface area contributed by atoms with Gasteiger partial charge in [0.15, 0.2) is 0 Å². The summed E-state index contributed by atoms with van der Waals surface area (Å²) >= 11 is 0. The van der Waals surface area contributed by atoms with Crippen LogP contribution in [-0.4, -0.2) is 37.8 Å². The fraction of sp³-hybridized carbons (Fsp3) is 0.409. The number of benzene rings is 2. The average Bonchev–Trinajstić information content (AvgIpc) is 2.66. The standard InChI is InChI=1S/C22H28N2O3/c1-17-6-4-5-7-19(17)13-24(12-18-8-10-20(26-3)11-9-18)21(25)23-14-22(2)15-27-16-22/h4-11H,12-16H2,1-3H3,(H,23,25). The molecule has 0 aromatic heterocycles. The summed E-state index contributed by atoms with van der Waals surface area (Å²) < 4.78 is 10.5. The van der Waals surface area contributed by atoms with Gasteiger partial charge in [0.05, 0.1) is 20.3 Å². The highest BCUT2D eigenvalue weighted by Gasteiger charge is 2.34. The van der Waals surface area contributed by atoms with Gasteiger partial charge >= 0.3 is 6.03 Å². The van der Waals surface area contributed by atoms with Crippen molar-refractivity contribution < 1.29 is 14.3 Å². The van der Waals surface area contributed by atoms with Crippen LogP contribution in [0.5, 0.6) is 5.75 Å². The summed E-state index contributed by atoms with van der Waals surface area (Å²) in [5, 5.41) is 3.09. The number of carbonyl (C=O) groups is 1. The second-order valence-electron chi connectivity index (χ2n) is 7.59. The van der Waals surface area contributed by atoms with E-state index in [9.17, 15) is 4.79 Å². The summed E-state index contributed by atoms with van der Waals surface area (Å²) in [4.78, 5) is 14.8. The predicted molar refractivity (Wildman–Crippen MR) is 106 cm³/mol. The lowest BCUT2D eigenvalue weighted by atomic mass is 9.89. The summed E-state index contributed by atoms with van der Waals surface area (Å²) in [5.41, 5.74) is 3.45. The third-order valence-corrected chi connectivity index (χ3v) is 5.01. The molecule has 5 heteroatoms. The smallest absolute Gasteiger partial charge is 0.318 e. The Bertz CT molecular complexity index is 769. The van der Waals surface area contributed by atoms with Gasteiger partial charge < -0.3 is 19.7 Å². The molecular formula is C22H28N2O3. The lowest BCUT2D eigenvalue weighted by Gasteiger charge is -2.38. The first-order chi connectivity index (χ1) is 13.0. The Balaban J connectivity index is 1.72. The Labute approximate surface area is 161 Å². The topological polar surface area (TPSA) is 50.8 Å². The van der Waals surface area contributed by atoms with Crippen LogP contribution in [-0.2, 0) is 17.8 Å². The predicted octanol–water partition coefficient (Wildman–Crippen LogP) is 3.75. The third-order valence-electron chi connectivity index (χ3n) is 5.01. The Morgan fingerprint density at radius 2 is 1.85 bits per heavy atom. The van der Waals surface area contributed by atoms with Gasteiger partial charge in [-0.15, -0.1) is 0 Å². The Morgan fingerprint density at radius 3 is 2.44 bits per heavy atom. The van der Waals surface area contributed by atoms with E-state index in [-0.39, 0.29) is 11.4 Å². The molecule has 1 fully saturated rings. The molecule has 0 spiro atoms. The highest BCUT2D eigenvalue weighted by molar-refractivity contribution is 5.74. The van der Waals surface area contributed by atoms with Crippen molar-refractivity contribution in [1.82, 2.24) is 10.2 Å². The van der Waals surface area contributed by atoms with Gasteiger partial charge in [0.2, 0.25) is 0 Å². The van der Waals surface area contributed by atoms with Crippen LogP contribution in [0.3, 0.4) is 0 Å². The van der Waals surface area contributed by atoms with E-state index >= 15 is 0 Å². The Hall–Kier alpha value is -2.53. The van der Waals surface area contributed by atoms with Crippen molar-refractivity contribution in [3.63, 3.8) is 0 Å². The van der Waals surface area contributed by atoms with Crippen LogP contribution in [0.4, 0.5) is 4.79 Å². The zero-order valence-electron chi connectivity index (χ0n) is 16.3. The maximum atomic E-state index is 12.9. The molecule has 0 unspecified atom stereocenters. The zero-order valence-corrected chi connectivity index (χ0v) is 16.3. The number of methoxy groups -OCH3 is 1. The number of ether oxygens (including phenoxy) is 2. The number of rotatable bonds is 7. The number of nitrogens with zero attached hydrogens (tertiary/aromatic N) is 1. The molecule has 2 amide bonds. The third kappa shape index (κ3) is 5.01. The van der Waals surface area contributed by atoms with Crippen LogP contribution in [0.25, 0.3) is 0 Å². The van der Waals surface area contributed by atoms with E-state index in [0.29, 0.717) is 32.8 Å². The molecule has 1 N–H and O–H groups in total. The van der Waals surface area contributed by atoms with Crippen LogP contribution in [0.1, 0.15) is 23.6 Å². The monoisotopic (exact) mass is 368 g/mol. The first-order valence-electron chi connectivity index (χ1n) is 9.27. The molecule has 1 heterocycles. The molecule has 0 aliphatic carbocycles. The Morgan fingerprint density at radius 1 is 1.15 bits per heavy atom. The van der Waals surface area contributed by atoms with E-state index in [0.717, 1.165) is 16.9 Å². The van der Waals surface area contributed by atoms with Gasteiger partial charge in [-0.3, -0.25) is 0 Å². The highest BCUT2D eigenvalue weighted by Crippen LogP contribution is 2.25. The van der Waals surface area contributed by atoms with Crippen molar-refractivity contribution in [2.75, 3.05) is 26.9 Å². The largest absolute Gasteiger partial charge is 0.497 e. The average molecular weight is 368 g/mol. The lowest BCUT2D eigenvalue weighted by molar-refractivity contribution is -0.0979. The molecule has 0 saturated carbocycles. The van der Waals surface area contributed by atoms with Gasteiger partial charge in [-0.05, 0) is 35.7 Å². The molecule has 1 saturated heterocycles. The minimum atomic E-state index is -0.0535. The maximum absolute atomic E-state index is 12.9. The lowest BCUT2D eigenvalue weighted by Crippen LogP contribution is -2.51. The van der Waals surface area contributed by atoms with Crippen LogP contribution in [0.2, 0.25) is 0 Å². The number of nitrogens with one attached hydrogen (secondary N) is 1. The summed E-state index contributed by atoms with van der Waals surface area (Å²) in [6.07, 6.45) is 0.